The molecule has 3 rings (SSSR count). The number of para-hydroxylation sites is 1. The van der Waals surface area contributed by atoms with E-state index < -0.39 is 0 Å². The van der Waals surface area contributed by atoms with Crippen LogP contribution in [-0.2, 0) is 0 Å². The first-order valence-electron chi connectivity index (χ1n) is 5.18. The molecule has 2 heteroatoms. The minimum Gasteiger partial charge on any atom is -0.454 e. The maximum Gasteiger partial charge on any atom is 0.158 e. The Labute approximate surface area is 93.3 Å². The number of anilines is 1. The van der Waals surface area contributed by atoms with Gasteiger partial charge >= 0.3 is 0 Å². The van der Waals surface area contributed by atoms with Gasteiger partial charge in [-0.25, -0.2) is 0 Å². The number of rotatable bonds is 1. The van der Waals surface area contributed by atoms with Crippen LogP contribution in [0.4, 0.5) is 5.69 Å². The predicted octanol–water partition coefficient (Wildman–Crippen LogP) is 3.68. The highest BCUT2D eigenvalue weighted by molar-refractivity contribution is 5.97. The molecule has 1 heterocycles. The largest absolute Gasteiger partial charge is 0.454 e. The summed E-state index contributed by atoms with van der Waals surface area (Å²) in [6.45, 7) is 0. The van der Waals surface area contributed by atoms with Gasteiger partial charge in [0.1, 0.15) is 5.58 Å². The van der Waals surface area contributed by atoms with Crippen LogP contribution in [0.1, 0.15) is 0 Å². The number of nitrogen functional groups attached to an aromatic ring is 1. The van der Waals surface area contributed by atoms with Crippen LogP contribution in [0.2, 0.25) is 0 Å². The zero-order valence-corrected chi connectivity index (χ0v) is 8.68. The third-order valence-corrected chi connectivity index (χ3v) is 2.67. The van der Waals surface area contributed by atoms with Crippen molar-refractivity contribution in [1.29, 1.82) is 0 Å². The molecule has 0 spiro atoms. The second-order valence-electron chi connectivity index (χ2n) is 3.71. The molecule has 0 unspecified atom stereocenters. The van der Waals surface area contributed by atoms with E-state index in [4.69, 9.17) is 10.2 Å². The Kier molecular flexibility index (Phi) is 1.93. The van der Waals surface area contributed by atoms with Crippen LogP contribution >= 0.6 is 0 Å². The van der Waals surface area contributed by atoms with Gasteiger partial charge in [-0.3, -0.25) is 0 Å². The van der Waals surface area contributed by atoms with E-state index in [-0.39, 0.29) is 0 Å². The summed E-state index contributed by atoms with van der Waals surface area (Å²) < 4.78 is 5.76. The van der Waals surface area contributed by atoms with Gasteiger partial charge in [0.05, 0.1) is 5.69 Å². The van der Waals surface area contributed by atoms with Crippen molar-refractivity contribution in [3.8, 4) is 11.3 Å². The van der Waals surface area contributed by atoms with E-state index in [1.54, 1.807) is 0 Å². The van der Waals surface area contributed by atoms with Gasteiger partial charge in [0.15, 0.2) is 5.76 Å². The lowest BCUT2D eigenvalue weighted by Gasteiger charge is -1.96. The van der Waals surface area contributed by atoms with Gasteiger partial charge < -0.3 is 10.2 Å². The van der Waals surface area contributed by atoms with Crippen molar-refractivity contribution < 1.29 is 4.42 Å². The predicted molar refractivity (Wildman–Crippen MR) is 66.1 cm³/mol. The summed E-state index contributed by atoms with van der Waals surface area (Å²) in [6, 6.07) is 17.7. The van der Waals surface area contributed by atoms with Crippen molar-refractivity contribution in [2.75, 3.05) is 5.73 Å². The van der Waals surface area contributed by atoms with Gasteiger partial charge in [0.25, 0.3) is 0 Å². The second kappa shape index (κ2) is 3.42. The van der Waals surface area contributed by atoms with Crippen molar-refractivity contribution in [2.24, 2.45) is 0 Å². The molecule has 0 saturated heterocycles. The number of furan rings is 1. The van der Waals surface area contributed by atoms with Crippen LogP contribution < -0.4 is 5.73 Å². The standard InChI is InChI=1S/C14H11NO/c15-13-11-8-4-5-9-12(11)16-14(13)10-6-2-1-3-7-10/h1-9H,15H2. The van der Waals surface area contributed by atoms with Crippen molar-refractivity contribution in [1.82, 2.24) is 0 Å². The van der Waals surface area contributed by atoms with Crippen LogP contribution in [0.5, 0.6) is 0 Å². The normalized spacial score (nSPS) is 10.8. The van der Waals surface area contributed by atoms with E-state index in [1.807, 2.05) is 54.6 Å². The third kappa shape index (κ3) is 1.27. The lowest BCUT2D eigenvalue weighted by molar-refractivity contribution is 0.633. The summed E-state index contributed by atoms with van der Waals surface area (Å²) in [5, 5.41) is 0.973. The lowest BCUT2D eigenvalue weighted by Crippen LogP contribution is -1.85. The first-order chi connectivity index (χ1) is 7.86. The molecule has 2 N–H and O–H groups in total. The zero-order valence-electron chi connectivity index (χ0n) is 8.68. The lowest BCUT2D eigenvalue weighted by atomic mass is 10.1. The Morgan fingerprint density at radius 3 is 2.25 bits per heavy atom. The molecule has 2 nitrogen and oxygen atoms in total. The van der Waals surface area contributed by atoms with Crippen LogP contribution in [0.25, 0.3) is 22.3 Å². The average molecular weight is 209 g/mol. The maximum atomic E-state index is 6.08. The van der Waals surface area contributed by atoms with Gasteiger partial charge in [0.2, 0.25) is 0 Å². The molecule has 0 aliphatic heterocycles. The van der Waals surface area contributed by atoms with E-state index in [1.165, 1.54) is 0 Å². The van der Waals surface area contributed by atoms with Crippen molar-refractivity contribution in [2.45, 2.75) is 0 Å². The molecule has 0 aliphatic rings. The van der Waals surface area contributed by atoms with E-state index >= 15 is 0 Å². The van der Waals surface area contributed by atoms with Crippen LogP contribution in [0.3, 0.4) is 0 Å². The summed E-state index contributed by atoms with van der Waals surface area (Å²) in [4.78, 5) is 0. The van der Waals surface area contributed by atoms with Crippen LogP contribution in [0.15, 0.2) is 59.0 Å². The van der Waals surface area contributed by atoms with Crippen LogP contribution in [-0.4, -0.2) is 0 Å². The number of hydrogen-bond donors (Lipinski definition) is 1. The molecule has 3 aromatic rings. The van der Waals surface area contributed by atoms with Crippen LogP contribution in [0, 0.1) is 0 Å². The Bertz CT molecular complexity index is 626. The number of benzene rings is 2. The molecule has 2 aromatic carbocycles. The molecule has 0 fully saturated rings. The minimum atomic E-state index is 0.710. The van der Waals surface area contributed by atoms with E-state index in [0.717, 1.165) is 22.3 Å². The smallest absolute Gasteiger partial charge is 0.158 e. The fraction of sp³-hybridized carbons (Fsp3) is 0. The maximum absolute atomic E-state index is 6.08. The van der Waals surface area contributed by atoms with E-state index in [9.17, 15) is 0 Å². The average Bonchev–Trinajstić information content (AvgIpc) is 2.69. The van der Waals surface area contributed by atoms with Gasteiger partial charge in [0, 0.05) is 10.9 Å². The molecule has 0 atom stereocenters. The number of hydrogen-bond acceptors (Lipinski definition) is 2. The highest BCUT2D eigenvalue weighted by Gasteiger charge is 2.11. The highest BCUT2D eigenvalue weighted by atomic mass is 16.3. The molecule has 0 bridgehead atoms. The summed E-state index contributed by atoms with van der Waals surface area (Å²) in [7, 11) is 0. The molecular weight excluding hydrogens is 198 g/mol. The second-order valence-corrected chi connectivity index (χ2v) is 3.71. The number of fused-ring (bicyclic) bond motifs is 1. The molecule has 78 valence electrons. The summed E-state index contributed by atoms with van der Waals surface area (Å²) in [5.41, 5.74) is 8.63. The number of nitrogens with two attached hydrogens (primary N) is 1. The molecule has 0 aliphatic carbocycles. The first-order valence-corrected chi connectivity index (χ1v) is 5.18. The molecule has 1 aromatic heterocycles. The van der Waals surface area contributed by atoms with Crippen molar-refractivity contribution in [3.63, 3.8) is 0 Å². The van der Waals surface area contributed by atoms with E-state index in [2.05, 4.69) is 0 Å². The Hall–Kier alpha value is -2.22. The highest BCUT2D eigenvalue weighted by Crippen LogP contribution is 2.35. The molecule has 0 radical (unpaired) electrons. The summed E-state index contributed by atoms with van der Waals surface area (Å²) in [6.07, 6.45) is 0. The minimum absolute atomic E-state index is 0.710. The fourth-order valence-electron chi connectivity index (χ4n) is 1.87. The molecule has 16 heavy (non-hydrogen) atoms. The molecule has 0 amide bonds. The van der Waals surface area contributed by atoms with Gasteiger partial charge in [-0.1, -0.05) is 42.5 Å². The Morgan fingerprint density at radius 1 is 0.812 bits per heavy atom. The molecular formula is C14H11NO. The van der Waals surface area contributed by atoms with Gasteiger partial charge in [-0.2, -0.15) is 0 Å². The topological polar surface area (TPSA) is 39.2 Å². The monoisotopic (exact) mass is 209 g/mol. The summed E-state index contributed by atoms with van der Waals surface area (Å²) >= 11 is 0. The Balaban J connectivity index is 2.29. The zero-order chi connectivity index (χ0) is 11.0. The first kappa shape index (κ1) is 9.04. The van der Waals surface area contributed by atoms with Crippen molar-refractivity contribution >= 4 is 16.7 Å². The van der Waals surface area contributed by atoms with E-state index in [0.29, 0.717) is 5.69 Å². The molecule has 0 saturated carbocycles. The fourth-order valence-corrected chi connectivity index (χ4v) is 1.87. The Morgan fingerprint density at radius 2 is 1.50 bits per heavy atom. The quantitative estimate of drug-likeness (QED) is 0.664. The van der Waals surface area contributed by atoms with Crippen molar-refractivity contribution in [3.05, 3.63) is 54.6 Å². The van der Waals surface area contributed by atoms with Gasteiger partial charge in [-0.05, 0) is 12.1 Å². The van der Waals surface area contributed by atoms with Gasteiger partial charge in [-0.15, -0.1) is 0 Å². The summed E-state index contributed by atoms with van der Waals surface area (Å²) in [5.74, 6) is 0.752. The SMILES string of the molecule is Nc1c(-c2ccccc2)oc2ccccc12. The third-order valence-electron chi connectivity index (χ3n) is 2.67.